The highest BCUT2D eigenvalue weighted by atomic mass is 127. The van der Waals surface area contributed by atoms with E-state index >= 15 is 0 Å². The number of aliphatic imine (C=N–C) groups is 1. The molecule has 8 nitrogen and oxygen atoms in total. The molecule has 0 spiro atoms. The number of nitrogens with two attached hydrogens (primary N) is 1. The number of nitrogens with zero attached hydrogens (tertiary/aromatic N) is 1. The van der Waals surface area contributed by atoms with E-state index in [1.165, 1.54) is 0 Å². The topological polar surface area (TPSA) is 107 Å². The molecular formula is C23H31IN4O4. The summed E-state index contributed by atoms with van der Waals surface area (Å²) < 4.78 is 16.1. The Labute approximate surface area is 205 Å². The highest BCUT2D eigenvalue weighted by Gasteiger charge is 2.23. The van der Waals surface area contributed by atoms with Gasteiger partial charge in [-0.25, -0.2) is 4.99 Å². The first-order valence-corrected chi connectivity index (χ1v) is 10.3. The molecule has 9 heteroatoms. The summed E-state index contributed by atoms with van der Waals surface area (Å²) in [6.45, 7) is 1.15. The van der Waals surface area contributed by atoms with Crippen molar-refractivity contribution in [1.29, 1.82) is 0 Å². The summed E-state index contributed by atoms with van der Waals surface area (Å²) >= 11 is 0. The highest BCUT2D eigenvalue weighted by molar-refractivity contribution is 14.0. The predicted molar refractivity (Wildman–Crippen MR) is 135 cm³/mol. The minimum absolute atomic E-state index is 0. The molecule has 3 rings (SSSR count). The Balaban J connectivity index is 0.00000363. The van der Waals surface area contributed by atoms with E-state index < -0.39 is 0 Å². The molecule has 1 aliphatic rings. The lowest BCUT2D eigenvalue weighted by atomic mass is 10.1. The summed E-state index contributed by atoms with van der Waals surface area (Å²) in [6, 6.07) is 13.7. The first-order valence-electron chi connectivity index (χ1n) is 10.3. The second-order valence-corrected chi connectivity index (χ2v) is 7.34. The van der Waals surface area contributed by atoms with Crippen LogP contribution in [0.2, 0.25) is 0 Å². The molecule has 2 aromatic carbocycles. The average Bonchev–Trinajstić information content (AvgIpc) is 3.60. The summed E-state index contributed by atoms with van der Waals surface area (Å²) in [6.07, 6.45) is 2.93. The van der Waals surface area contributed by atoms with E-state index in [0.717, 1.165) is 30.4 Å². The Morgan fingerprint density at radius 3 is 2.41 bits per heavy atom. The van der Waals surface area contributed by atoms with Crippen LogP contribution in [-0.2, 0) is 17.8 Å². The fourth-order valence-corrected chi connectivity index (χ4v) is 2.94. The van der Waals surface area contributed by atoms with Gasteiger partial charge in [-0.15, -0.1) is 24.0 Å². The smallest absolute Gasteiger partial charge is 0.258 e. The number of hydrogen-bond acceptors (Lipinski definition) is 5. The van der Waals surface area contributed by atoms with Crippen LogP contribution < -0.4 is 30.6 Å². The summed E-state index contributed by atoms with van der Waals surface area (Å²) in [5.74, 6) is 2.34. The van der Waals surface area contributed by atoms with Gasteiger partial charge in [0.1, 0.15) is 5.75 Å². The Morgan fingerprint density at radius 1 is 1.06 bits per heavy atom. The Morgan fingerprint density at radius 2 is 1.75 bits per heavy atom. The molecule has 2 aromatic rings. The van der Waals surface area contributed by atoms with Crippen molar-refractivity contribution in [2.24, 2.45) is 10.7 Å². The van der Waals surface area contributed by atoms with Crippen molar-refractivity contribution in [3.05, 3.63) is 53.6 Å². The van der Waals surface area contributed by atoms with Crippen molar-refractivity contribution in [1.82, 2.24) is 10.6 Å². The normalized spacial score (nSPS) is 13.0. The van der Waals surface area contributed by atoms with Gasteiger partial charge in [-0.05, 0) is 54.7 Å². The Kier molecular flexibility index (Phi) is 10.4. The largest absolute Gasteiger partial charge is 0.493 e. The van der Waals surface area contributed by atoms with Gasteiger partial charge in [0.25, 0.3) is 5.91 Å². The van der Waals surface area contributed by atoms with Crippen LogP contribution in [0.5, 0.6) is 17.2 Å². The number of hydrogen-bond donors (Lipinski definition) is 3. The molecular weight excluding hydrogens is 523 g/mol. The summed E-state index contributed by atoms with van der Waals surface area (Å²) in [5, 5.41) is 6.02. The first-order chi connectivity index (χ1) is 15.1. The van der Waals surface area contributed by atoms with Crippen LogP contribution in [0.3, 0.4) is 0 Å². The van der Waals surface area contributed by atoms with Crippen molar-refractivity contribution in [3.8, 4) is 17.2 Å². The number of benzene rings is 2. The van der Waals surface area contributed by atoms with Gasteiger partial charge in [0.05, 0.1) is 20.8 Å². The van der Waals surface area contributed by atoms with Crippen LogP contribution in [-0.4, -0.2) is 45.3 Å². The third-order valence-corrected chi connectivity index (χ3v) is 4.84. The Hall–Kier alpha value is -2.69. The van der Waals surface area contributed by atoms with Gasteiger partial charge < -0.3 is 30.6 Å². The number of methoxy groups -OCH3 is 2. The quantitative estimate of drug-likeness (QED) is 0.224. The Bertz CT molecular complexity index is 901. The van der Waals surface area contributed by atoms with E-state index in [-0.39, 0.29) is 36.5 Å². The molecule has 0 heterocycles. The van der Waals surface area contributed by atoms with Crippen LogP contribution in [0.1, 0.15) is 24.0 Å². The van der Waals surface area contributed by atoms with Gasteiger partial charge in [-0.2, -0.15) is 0 Å². The second-order valence-electron chi connectivity index (χ2n) is 7.34. The molecule has 0 unspecified atom stereocenters. The molecule has 1 amide bonds. The van der Waals surface area contributed by atoms with Gasteiger partial charge in [-0.3, -0.25) is 4.79 Å². The maximum atomic E-state index is 11.7. The van der Waals surface area contributed by atoms with Crippen molar-refractivity contribution >= 4 is 35.8 Å². The molecule has 1 fully saturated rings. The zero-order valence-electron chi connectivity index (χ0n) is 18.4. The number of halogens is 1. The van der Waals surface area contributed by atoms with Gasteiger partial charge in [0.2, 0.25) is 0 Å². The first kappa shape index (κ1) is 25.6. The van der Waals surface area contributed by atoms with Crippen molar-refractivity contribution < 1.29 is 19.0 Å². The van der Waals surface area contributed by atoms with Crippen LogP contribution >= 0.6 is 24.0 Å². The summed E-state index contributed by atoms with van der Waals surface area (Å²) in [4.78, 5) is 16.0. The van der Waals surface area contributed by atoms with E-state index in [0.29, 0.717) is 42.3 Å². The molecule has 1 saturated carbocycles. The van der Waals surface area contributed by atoms with Gasteiger partial charge in [0.15, 0.2) is 24.1 Å². The standard InChI is InChI=1S/C23H30N4O4.HI/c1-29-20-10-5-17(13-21(20)30-2)14-26-23(24)25-12-11-16-3-8-19(9-4-16)31-15-22(28)27-18-6-7-18;/h3-5,8-10,13,18H,6-7,11-12,14-15H2,1-2H3,(H,27,28)(H3,24,25,26);1H. The zero-order valence-corrected chi connectivity index (χ0v) is 20.8. The van der Waals surface area contributed by atoms with Crippen LogP contribution in [0.4, 0.5) is 0 Å². The predicted octanol–water partition coefficient (Wildman–Crippen LogP) is 2.63. The van der Waals surface area contributed by atoms with Crippen molar-refractivity contribution in [2.75, 3.05) is 27.4 Å². The molecule has 0 bridgehead atoms. The lowest BCUT2D eigenvalue weighted by Gasteiger charge is -2.10. The molecule has 0 saturated heterocycles. The molecule has 0 atom stereocenters. The van der Waals surface area contributed by atoms with Gasteiger partial charge >= 0.3 is 0 Å². The zero-order chi connectivity index (χ0) is 22.1. The molecule has 4 N–H and O–H groups in total. The minimum Gasteiger partial charge on any atom is -0.493 e. The minimum atomic E-state index is -0.0707. The van der Waals surface area contributed by atoms with E-state index in [2.05, 4.69) is 15.6 Å². The van der Waals surface area contributed by atoms with E-state index in [1.807, 2.05) is 42.5 Å². The van der Waals surface area contributed by atoms with Crippen LogP contribution in [0, 0.1) is 0 Å². The number of rotatable bonds is 11. The number of carbonyl (C=O) groups is 1. The summed E-state index contributed by atoms with van der Waals surface area (Å²) in [5.41, 5.74) is 8.08. The molecule has 0 radical (unpaired) electrons. The lowest BCUT2D eigenvalue weighted by molar-refractivity contribution is -0.123. The van der Waals surface area contributed by atoms with Crippen LogP contribution in [0.15, 0.2) is 47.5 Å². The van der Waals surface area contributed by atoms with Gasteiger partial charge in [-0.1, -0.05) is 18.2 Å². The fraction of sp³-hybridized carbons (Fsp3) is 0.391. The van der Waals surface area contributed by atoms with E-state index in [9.17, 15) is 4.79 Å². The fourth-order valence-electron chi connectivity index (χ4n) is 2.94. The monoisotopic (exact) mass is 554 g/mol. The van der Waals surface area contributed by atoms with Crippen molar-refractivity contribution in [2.45, 2.75) is 31.8 Å². The number of carbonyl (C=O) groups excluding carboxylic acids is 1. The summed E-state index contributed by atoms with van der Waals surface area (Å²) in [7, 11) is 3.21. The molecule has 32 heavy (non-hydrogen) atoms. The maximum absolute atomic E-state index is 11.7. The van der Waals surface area contributed by atoms with Crippen LogP contribution in [0.25, 0.3) is 0 Å². The van der Waals surface area contributed by atoms with E-state index in [4.69, 9.17) is 19.9 Å². The molecule has 1 aliphatic carbocycles. The number of amides is 1. The maximum Gasteiger partial charge on any atom is 0.258 e. The second kappa shape index (κ2) is 13.0. The number of nitrogens with one attached hydrogen (secondary N) is 2. The average molecular weight is 554 g/mol. The lowest BCUT2D eigenvalue weighted by Crippen LogP contribution is -2.33. The number of ether oxygens (including phenoxy) is 3. The molecule has 174 valence electrons. The highest BCUT2D eigenvalue weighted by Crippen LogP contribution is 2.27. The molecule has 0 aliphatic heterocycles. The third-order valence-electron chi connectivity index (χ3n) is 4.84. The van der Waals surface area contributed by atoms with Crippen molar-refractivity contribution in [3.63, 3.8) is 0 Å². The third kappa shape index (κ3) is 8.45. The molecule has 0 aromatic heterocycles. The SMILES string of the molecule is COc1ccc(CN=C(N)NCCc2ccc(OCC(=O)NC3CC3)cc2)cc1OC.I. The van der Waals surface area contributed by atoms with E-state index in [1.54, 1.807) is 14.2 Å². The van der Waals surface area contributed by atoms with Gasteiger partial charge in [0, 0.05) is 12.6 Å². The number of guanidine groups is 1.